The molecule has 6 nitrogen and oxygen atoms in total. The van der Waals surface area contributed by atoms with E-state index in [-0.39, 0.29) is 42.3 Å². The monoisotopic (exact) mass is 411 g/mol. The Morgan fingerprint density at radius 2 is 1.72 bits per heavy atom. The van der Waals surface area contributed by atoms with Gasteiger partial charge in [-0.3, -0.25) is 19.3 Å². The number of nitrogens with one attached hydrogen (secondary N) is 1. The van der Waals surface area contributed by atoms with Crippen LogP contribution in [0.15, 0.2) is 18.2 Å². The lowest BCUT2D eigenvalue weighted by atomic mass is 9.81. The van der Waals surface area contributed by atoms with E-state index < -0.39 is 17.6 Å². The molecular weight excluding hydrogens is 387 g/mol. The molecule has 2 fully saturated rings. The van der Waals surface area contributed by atoms with E-state index in [1.165, 1.54) is 6.07 Å². The molecule has 1 N–H and O–H groups in total. The van der Waals surface area contributed by atoms with Crippen molar-refractivity contribution in [2.45, 2.75) is 38.3 Å². The van der Waals surface area contributed by atoms with Crippen LogP contribution in [0.4, 0.5) is 24.5 Å². The summed E-state index contributed by atoms with van der Waals surface area (Å²) in [6.07, 6.45) is -1.49. The topological polar surface area (TPSA) is 69.7 Å². The molecular formula is C20H24F3N3O3. The van der Waals surface area contributed by atoms with Gasteiger partial charge in [0.25, 0.3) is 0 Å². The zero-order valence-corrected chi connectivity index (χ0v) is 16.4. The number of hydrogen-bond acceptors (Lipinski definition) is 4. The molecule has 9 heteroatoms. The number of halogens is 3. The molecule has 0 aromatic heterocycles. The lowest BCUT2D eigenvalue weighted by Gasteiger charge is -2.20. The van der Waals surface area contributed by atoms with E-state index in [9.17, 15) is 27.6 Å². The minimum absolute atomic E-state index is 0.0302. The third-order valence-corrected chi connectivity index (χ3v) is 5.57. The molecule has 1 saturated heterocycles. The van der Waals surface area contributed by atoms with E-state index in [4.69, 9.17) is 0 Å². The largest absolute Gasteiger partial charge is 0.416 e. The summed E-state index contributed by atoms with van der Waals surface area (Å²) in [5.74, 6) is -1.60. The van der Waals surface area contributed by atoms with E-state index in [1.54, 1.807) is 19.0 Å². The zero-order valence-electron chi connectivity index (χ0n) is 16.4. The van der Waals surface area contributed by atoms with Crippen molar-refractivity contribution in [3.05, 3.63) is 23.8 Å². The van der Waals surface area contributed by atoms with E-state index in [0.717, 1.165) is 29.9 Å². The van der Waals surface area contributed by atoms with Gasteiger partial charge in [0.2, 0.25) is 17.7 Å². The first-order valence-electron chi connectivity index (χ1n) is 9.63. The number of likely N-dealkylation sites (tertiary alicyclic amines) is 1. The summed E-state index contributed by atoms with van der Waals surface area (Å²) in [5.41, 5.74) is -0.416. The summed E-state index contributed by atoms with van der Waals surface area (Å²) < 4.78 is 39.0. The summed E-state index contributed by atoms with van der Waals surface area (Å²) in [5, 5.41) is 2.49. The van der Waals surface area contributed by atoms with E-state index >= 15 is 0 Å². The van der Waals surface area contributed by atoms with Crippen molar-refractivity contribution in [2.75, 3.05) is 30.9 Å². The van der Waals surface area contributed by atoms with Crippen molar-refractivity contribution >= 4 is 29.1 Å². The number of imide groups is 1. The lowest BCUT2D eigenvalue weighted by Crippen LogP contribution is -2.34. The predicted molar refractivity (Wildman–Crippen MR) is 101 cm³/mol. The maximum absolute atomic E-state index is 13.0. The van der Waals surface area contributed by atoms with Gasteiger partial charge in [-0.15, -0.1) is 0 Å². The molecule has 0 unspecified atom stereocenters. The molecule has 158 valence electrons. The number of anilines is 2. The molecule has 1 aromatic rings. The molecule has 29 heavy (non-hydrogen) atoms. The number of benzene rings is 1. The van der Waals surface area contributed by atoms with Crippen molar-refractivity contribution in [1.82, 2.24) is 4.90 Å². The van der Waals surface area contributed by atoms with Crippen LogP contribution >= 0.6 is 0 Å². The van der Waals surface area contributed by atoms with Gasteiger partial charge in [0.1, 0.15) is 0 Å². The number of carbonyl (C=O) groups is 3. The van der Waals surface area contributed by atoms with Crippen LogP contribution in [0.25, 0.3) is 0 Å². The van der Waals surface area contributed by atoms with Crippen LogP contribution in [0.1, 0.15) is 37.7 Å². The minimum Gasteiger partial charge on any atom is -0.376 e. The van der Waals surface area contributed by atoms with Crippen LogP contribution in [0.2, 0.25) is 0 Å². The number of carbonyl (C=O) groups excluding carboxylic acids is 3. The SMILES string of the molecule is CN(C)c1ccc(C(F)(F)F)cc1NC(=O)CCN1C(=O)[C@@H]2CCCC[C@H]2C1=O. The second kappa shape index (κ2) is 8.04. The summed E-state index contributed by atoms with van der Waals surface area (Å²) in [6.45, 7) is -0.0627. The highest BCUT2D eigenvalue weighted by Gasteiger charge is 2.47. The Labute approximate surface area is 167 Å². The number of amides is 3. The molecule has 3 amide bonds. The van der Waals surface area contributed by atoms with Crippen molar-refractivity contribution in [1.29, 1.82) is 0 Å². The highest BCUT2D eigenvalue weighted by molar-refractivity contribution is 6.05. The smallest absolute Gasteiger partial charge is 0.376 e. The van der Waals surface area contributed by atoms with Gasteiger partial charge < -0.3 is 10.2 Å². The van der Waals surface area contributed by atoms with Gasteiger partial charge >= 0.3 is 6.18 Å². The Hall–Kier alpha value is -2.58. The molecule has 3 rings (SSSR count). The Kier molecular flexibility index (Phi) is 5.86. The standard InChI is InChI=1S/C20H24F3N3O3/c1-25(2)16-8-7-12(20(21,22)23)11-15(16)24-17(27)9-10-26-18(28)13-5-3-4-6-14(13)19(26)29/h7-8,11,13-14H,3-6,9-10H2,1-2H3,(H,24,27)/t13-,14-/m1/s1. The lowest BCUT2D eigenvalue weighted by molar-refractivity contribution is -0.140. The van der Waals surface area contributed by atoms with Crippen LogP contribution in [-0.2, 0) is 20.6 Å². The van der Waals surface area contributed by atoms with Gasteiger partial charge in [0.15, 0.2) is 0 Å². The predicted octanol–water partition coefficient (Wildman–Crippen LogP) is 3.28. The second-order valence-electron chi connectivity index (χ2n) is 7.75. The number of alkyl halides is 3. The van der Waals surface area contributed by atoms with Gasteiger partial charge in [-0.25, -0.2) is 0 Å². The maximum atomic E-state index is 13.0. The van der Waals surface area contributed by atoms with Gasteiger partial charge in [0, 0.05) is 27.1 Å². The average molecular weight is 411 g/mol. The molecule has 1 aliphatic heterocycles. The molecule has 0 spiro atoms. The first-order chi connectivity index (χ1) is 13.6. The van der Waals surface area contributed by atoms with Gasteiger partial charge in [0.05, 0.1) is 28.8 Å². The normalized spacial score (nSPS) is 21.9. The summed E-state index contributed by atoms with van der Waals surface area (Å²) >= 11 is 0. The van der Waals surface area contributed by atoms with Gasteiger partial charge in [-0.2, -0.15) is 13.2 Å². The fraction of sp³-hybridized carbons (Fsp3) is 0.550. The molecule has 0 radical (unpaired) electrons. The third-order valence-electron chi connectivity index (χ3n) is 5.57. The third kappa shape index (κ3) is 4.38. The number of fused-ring (bicyclic) bond motifs is 1. The Balaban J connectivity index is 1.68. The average Bonchev–Trinajstić information content (AvgIpc) is 2.90. The van der Waals surface area contributed by atoms with E-state index in [2.05, 4.69) is 5.32 Å². The zero-order chi connectivity index (χ0) is 21.3. The highest BCUT2D eigenvalue weighted by Crippen LogP contribution is 2.38. The first-order valence-corrected chi connectivity index (χ1v) is 9.63. The number of rotatable bonds is 5. The summed E-state index contributed by atoms with van der Waals surface area (Å²) in [6, 6.07) is 3.12. The first kappa shape index (κ1) is 21.1. The van der Waals surface area contributed by atoms with Crippen LogP contribution in [-0.4, -0.2) is 43.3 Å². The van der Waals surface area contributed by atoms with E-state index in [1.807, 2.05) is 0 Å². The van der Waals surface area contributed by atoms with Crippen LogP contribution in [0, 0.1) is 11.8 Å². The second-order valence-corrected chi connectivity index (χ2v) is 7.75. The highest BCUT2D eigenvalue weighted by atomic mass is 19.4. The molecule has 1 heterocycles. The van der Waals surface area contributed by atoms with Gasteiger partial charge in [-0.05, 0) is 31.0 Å². The molecule has 0 bridgehead atoms. The van der Waals surface area contributed by atoms with Crippen molar-refractivity contribution < 1.29 is 27.6 Å². The molecule has 2 atom stereocenters. The Morgan fingerprint density at radius 1 is 1.14 bits per heavy atom. The number of hydrogen-bond donors (Lipinski definition) is 1. The quantitative estimate of drug-likeness (QED) is 0.755. The summed E-state index contributed by atoms with van der Waals surface area (Å²) in [4.78, 5) is 40.0. The van der Waals surface area contributed by atoms with Crippen molar-refractivity contribution in [3.63, 3.8) is 0 Å². The van der Waals surface area contributed by atoms with Crippen molar-refractivity contribution in [2.24, 2.45) is 11.8 Å². The van der Waals surface area contributed by atoms with Crippen molar-refractivity contribution in [3.8, 4) is 0 Å². The molecule has 1 aliphatic carbocycles. The van der Waals surface area contributed by atoms with Crippen LogP contribution < -0.4 is 10.2 Å². The molecule has 2 aliphatic rings. The van der Waals surface area contributed by atoms with Crippen LogP contribution in [0.5, 0.6) is 0 Å². The molecule has 1 aromatic carbocycles. The fourth-order valence-corrected chi connectivity index (χ4v) is 4.08. The van der Waals surface area contributed by atoms with Gasteiger partial charge in [-0.1, -0.05) is 12.8 Å². The molecule has 1 saturated carbocycles. The summed E-state index contributed by atoms with van der Waals surface area (Å²) in [7, 11) is 3.31. The Bertz CT molecular complexity index is 799. The Morgan fingerprint density at radius 3 is 2.24 bits per heavy atom. The maximum Gasteiger partial charge on any atom is 0.416 e. The number of nitrogens with zero attached hydrogens (tertiary/aromatic N) is 2. The fourth-order valence-electron chi connectivity index (χ4n) is 4.08. The van der Waals surface area contributed by atoms with E-state index in [0.29, 0.717) is 18.5 Å². The van der Waals surface area contributed by atoms with Crippen LogP contribution in [0.3, 0.4) is 0 Å². The minimum atomic E-state index is -4.53.